The van der Waals surface area contributed by atoms with Crippen molar-refractivity contribution in [3.63, 3.8) is 0 Å². The topological polar surface area (TPSA) is 4.93 Å². The minimum atomic E-state index is 1.14. The summed E-state index contributed by atoms with van der Waals surface area (Å²) in [5.74, 6) is 0. The molecule has 0 saturated heterocycles. The van der Waals surface area contributed by atoms with Crippen LogP contribution in [0.4, 0.5) is 0 Å². The van der Waals surface area contributed by atoms with Gasteiger partial charge >= 0.3 is 0 Å². The Kier molecular flexibility index (Phi) is 6.89. The summed E-state index contributed by atoms with van der Waals surface area (Å²) in [6.45, 7) is 0. The molecule has 1 heteroatoms. The Bertz CT molecular complexity index is 2840. The van der Waals surface area contributed by atoms with Crippen LogP contribution in [0.2, 0.25) is 0 Å². The third kappa shape index (κ3) is 5.10. The first kappa shape index (κ1) is 29.2. The normalized spacial score (nSPS) is 11.5. The van der Waals surface area contributed by atoms with Crippen LogP contribution in [0.25, 0.3) is 93.5 Å². The number of hydrogen-bond acceptors (Lipinski definition) is 0. The summed E-state index contributed by atoms with van der Waals surface area (Å²) in [6, 6.07) is 73.2. The van der Waals surface area contributed by atoms with Crippen molar-refractivity contribution in [2.45, 2.75) is 0 Å². The molecular weight excluding hydrogens is 615 g/mol. The second kappa shape index (κ2) is 12.0. The van der Waals surface area contributed by atoms with Crippen LogP contribution in [-0.2, 0) is 0 Å². The molecule has 0 aliphatic carbocycles. The predicted molar refractivity (Wildman–Crippen MR) is 218 cm³/mol. The lowest BCUT2D eigenvalue weighted by Crippen LogP contribution is -2.00. The first-order valence-corrected chi connectivity index (χ1v) is 17.6. The maximum Gasteiger partial charge on any atom is 0.0535 e. The van der Waals surface area contributed by atoms with Gasteiger partial charge < -0.3 is 4.57 Å². The summed E-state index contributed by atoms with van der Waals surface area (Å²) >= 11 is 0. The van der Waals surface area contributed by atoms with Crippen LogP contribution < -0.4 is 0 Å². The van der Waals surface area contributed by atoms with E-state index in [0.717, 1.165) is 17.1 Å². The highest BCUT2D eigenvalue weighted by Crippen LogP contribution is 2.41. The van der Waals surface area contributed by atoms with Gasteiger partial charge in [0.2, 0.25) is 0 Å². The van der Waals surface area contributed by atoms with E-state index in [-0.39, 0.29) is 0 Å². The molecule has 0 atom stereocenters. The summed E-state index contributed by atoms with van der Waals surface area (Å²) in [5, 5.41) is 9.93. The Morgan fingerprint density at radius 2 is 0.745 bits per heavy atom. The zero-order valence-electron chi connectivity index (χ0n) is 28.0. The maximum absolute atomic E-state index is 2.44. The van der Waals surface area contributed by atoms with E-state index in [1.165, 1.54) is 76.5 Å². The minimum Gasteiger partial charge on any atom is -0.309 e. The summed E-state index contributed by atoms with van der Waals surface area (Å²) in [7, 11) is 0. The summed E-state index contributed by atoms with van der Waals surface area (Å²) < 4.78 is 2.44. The Morgan fingerprint density at radius 1 is 0.255 bits per heavy atom. The van der Waals surface area contributed by atoms with Gasteiger partial charge in [-0.15, -0.1) is 0 Å². The zero-order chi connectivity index (χ0) is 33.7. The molecule has 0 aliphatic heterocycles. The van der Waals surface area contributed by atoms with E-state index in [4.69, 9.17) is 0 Å². The minimum absolute atomic E-state index is 1.14. The van der Waals surface area contributed by atoms with E-state index < -0.39 is 0 Å². The van der Waals surface area contributed by atoms with Gasteiger partial charge in [0.1, 0.15) is 0 Å². The molecular formula is C50H33N. The Morgan fingerprint density at radius 3 is 1.35 bits per heavy atom. The quantitative estimate of drug-likeness (QED) is 0.164. The van der Waals surface area contributed by atoms with E-state index in [1.807, 2.05) is 0 Å². The van der Waals surface area contributed by atoms with E-state index in [2.05, 4.69) is 205 Å². The van der Waals surface area contributed by atoms with Gasteiger partial charge in [0, 0.05) is 5.69 Å². The molecule has 10 rings (SSSR count). The lowest BCUT2D eigenvalue weighted by Gasteiger charge is -2.19. The Hall–Kier alpha value is -6.70. The molecule has 0 radical (unpaired) electrons. The molecule has 238 valence electrons. The predicted octanol–water partition coefficient (Wildman–Crippen LogP) is 13.8. The second-order valence-electron chi connectivity index (χ2n) is 13.4. The van der Waals surface area contributed by atoms with Crippen LogP contribution in [0.5, 0.6) is 0 Å². The zero-order valence-corrected chi connectivity index (χ0v) is 28.0. The van der Waals surface area contributed by atoms with Gasteiger partial charge in [-0.3, -0.25) is 0 Å². The molecule has 51 heavy (non-hydrogen) atoms. The lowest BCUT2D eigenvalue weighted by molar-refractivity contribution is 1.10. The van der Waals surface area contributed by atoms with Gasteiger partial charge in [-0.05, 0) is 125 Å². The molecule has 1 heterocycles. The van der Waals surface area contributed by atoms with Crippen LogP contribution in [0.1, 0.15) is 0 Å². The van der Waals surface area contributed by atoms with Crippen molar-refractivity contribution in [1.29, 1.82) is 0 Å². The number of hydrogen-bond donors (Lipinski definition) is 0. The third-order valence-corrected chi connectivity index (χ3v) is 10.3. The highest BCUT2D eigenvalue weighted by molar-refractivity contribution is 6.10. The lowest BCUT2D eigenvalue weighted by atomic mass is 9.90. The smallest absolute Gasteiger partial charge is 0.0535 e. The fraction of sp³-hybridized carbons (Fsp3) is 0. The van der Waals surface area contributed by atoms with Crippen LogP contribution in [0.3, 0.4) is 0 Å². The largest absolute Gasteiger partial charge is 0.309 e. The molecule has 0 bridgehead atoms. The number of rotatable bonds is 5. The molecule has 10 aromatic rings. The summed E-state index contributed by atoms with van der Waals surface area (Å²) in [5.41, 5.74) is 10.7. The molecule has 0 aliphatic rings. The average molecular weight is 648 g/mol. The number of benzene rings is 9. The van der Waals surface area contributed by atoms with Crippen molar-refractivity contribution in [1.82, 2.24) is 4.57 Å². The summed E-state index contributed by atoms with van der Waals surface area (Å²) in [4.78, 5) is 0. The van der Waals surface area contributed by atoms with Gasteiger partial charge in [-0.1, -0.05) is 152 Å². The molecule has 0 saturated carbocycles. The van der Waals surface area contributed by atoms with Gasteiger partial charge in [0.15, 0.2) is 0 Å². The molecule has 1 aromatic heterocycles. The van der Waals surface area contributed by atoms with Gasteiger partial charge in [-0.25, -0.2) is 0 Å². The Labute approximate surface area is 297 Å². The van der Waals surface area contributed by atoms with Crippen molar-refractivity contribution >= 4 is 43.1 Å². The molecule has 0 spiro atoms. The first-order chi connectivity index (χ1) is 25.3. The van der Waals surface area contributed by atoms with Gasteiger partial charge in [-0.2, -0.15) is 0 Å². The fourth-order valence-electron chi connectivity index (χ4n) is 7.84. The van der Waals surface area contributed by atoms with Crippen molar-refractivity contribution in [2.75, 3.05) is 0 Å². The number of fused-ring (bicyclic) bond motifs is 4. The Balaban J connectivity index is 1.28. The van der Waals surface area contributed by atoms with Crippen LogP contribution in [0.15, 0.2) is 200 Å². The van der Waals surface area contributed by atoms with Crippen molar-refractivity contribution in [3.8, 4) is 50.5 Å². The van der Waals surface area contributed by atoms with Crippen LogP contribution >= 0.6 is 0 Å². The molecule has 1 nitrogen and oxygen atoms in total. The molecule has 0 unspecified atom stereocenters. The number of aromatic nitrogens is 1. The van der Waals surface area contributed by atoms with E-state index in [0.29, 0.717) is 0 Å². The first-order valence-electron chi connectivity index (χ1n) is 17.6. The van der Waals surface area contributed by atoms with Crippen molar-refractivity contribution in [2.24, 2.45) is 0 Å². The monoisotopic (exact) mass is 647 g/mol. The van der Waals surface area contributed by atoms with Gasteiger partial charge in [0.05, 0.1) is 11.4 Å². The van der Waals surface area contributed by atoms with E-state index >= 15 is 0 Å². The molecule has 0 amide bonds. The van der Waals surface area contributed by atoms with Crippen LogP contribution in [0, 0.1) is 0 Å². The fourth-order valence-corrected chi connectivity index (χ4v) is 7.84. The standard InChI is InChI=1S/C50H33N/c1-3-14-36(15-4-1)49-26-27-50(37-16-5-2-6-17-37)51(49)44-30-43-32-46-40(20-11-21-45(46)41-24-22-34-12-7-9-18-38(34)28-41)31-47(43)48(33-44)42-25-23-35-13-8-10-19-39(35)29-42/h1-33H. The highest BCUT2D eigenvalue weighted by Gasteiger charge is 2.18. The second-order valence-corrected chi connectivity index (χ2v) is 13.4. The summed E-state index contributed by atoms with van der Waals surface area (Å²) in [6.07, 6.45) is 0. The van der Waals surface area contributed by atoms with E-state index in [9.17, 15) is 0 Å². The van der Waals surface area contributed by atoms with E-state index in [1.54, 1.807) is 0 Å². The maximum atomic E-state index is 2.44. The van der Waals surface area contributed by atoms with Crippen LogP contribution in [-0.4, -0.2) is 4.57 Å². The van der Waals surface area contributed by atoms with Crippen molar-refractivity contribution in [3.05, 3.63) is 200 Å². The third-order valence-electron chi connectivity index (χ3n) is 10.3. The van der Waals surface area contributed by atoms with Gasteiger partial charge in [0.25, 0.3) is 0 Å². The molecule has 9 aromatic carbocycles. The number of nitrogens with zero attached hydrogens (tertiary/aromatic N) is 1. The highest BCUT2D eigenvalue weighted by atomic mass is 15.0. The average Bonchev–Trinajstić information content (AvgIpc) is 3.65. The SMILES string of the molecule is c1ccc(-c2ccc(-c3ccccc3)n2-c2cc(-c3ccc4ccccc4c3)c3cc4cccc(-c5ccc6ccccc6c5)c4cc3c2)cc1. The molecule has 0 fully saturated rings. The van der Waals surface area contributed by atoms with Crippen molar-refractivity contribution < 1.29 is 0 Å². The molecule has 0 N–H and O–H groups in total.